The number of H-pyrrole nitrogens is 1. The van der Waals surface area contributed by atoms with Crippen molar-refractivity contribution in [1.82, 2.24) is 47.5 Å². The van der Waals surface area contributed by atoms with E-state index in [1.165, 1.54) is 0 Å². The number of nitrogens with two attached hydrogens (primary N) is 3. The predicted octanol–water partition coefficient (Wildman–Crippen LogP) is 1.18. The first-order valence-electron chi connectivity index (χ1n) is 26.9. The summed E-state index contributed by atoms with van der Waals surface area (Å²) in [5.41, 5.74) is 19.1. The average Bonchev–Trinajstić information content (AvgIpc) is 3.82. The first-order chi connectivity index (χ1) is 37.1. The summed E-state index contributed by atoms with van der Waals surface area (Å²) in [6.45, 7) is 11.6. The number of carbonyl (C=O) groups is 8. The molecule has 0 bridgehead atoms. The molecule has 3 rings (SSSR count). The minimum absolute atomic E-state index is 0.0353. The lowest BCUT2D eigenvalue weighted by atomic mass is 9.96. The monoisotopic (exact) mass is 1090 g/mol. The Labute approximate surface area is 457 Å². The molecule has 0 aliphatic rings. The molecule has 1 radical (unpaired) electrons. The number of carbonyl (C=O) groups excluding carboxylic acids is 8. The molecule has 1 heterocycles. The molecule has 23 nitrogen and oxygen atoms in total. The molecule has 78 heavy (non-hydrogen) atoms. The van der Waals surface area contributed by atoms with Crippen molar-refractivity contribution in [2.45, 2.75) is 167 Å². The van der Waals surface area contributed by atoms with Crippen LogP contribution in [0, 0.1) is 23.2 Å². The predicted molar refractivity (Wildman–Crippen MR) is 297 cm³/mol. The van der Waals surface area contributed by atoms with E-state index < -0.39 is 114 Å². The van der Waals surface area contributed by atoms with E-state index in [9.17, 15) is 48.3 Å². The highest BCUT2D eigenvalue weighted by Gasteiger charge is 2.36. The van der Waals surface area contributed by atoms with Crippen LogP contribution in [0.3, 0.4) is 0 Å². The second-order valence-electron chi connectivity index (χ2n) is 20.7. The van der Waals surface area contributed by atoms with Crippen LogP contribution in [0.2, 0.25) is 0 Å². The fraction of sp³-hybridized carbons (Fsp3) is 0.564. The van der Waals surface area contributed by atoms with Crippen LogP contribution in [-0.4, -0.2) is 131 Å². The topological polar surface area (TPSA) is 388 Å². The number of nitrogens with one attached hydrogen (secondary N) is 10. The second kappa shape index (κ2) is 33.7. The van der Waals surface area contributed by atoms with Gasteiger partial charge in [0.15, 0.2) is 5.96 Å². The van der Waals surface area contributed by atoms with Crippen molar-refractivity contribution in [1.29, 1.82) is 5.41 Å². The SMILES string of the molecule is CC[C@H](C)[C@H](NC(=O)[C@H](Cc1ccccc1)NC(=O)[C@H](CC(C)C)NC(=O)[C@@H](N)CCCNC(=N)N)C(=O)N[C@@H](CCC(=O)O)C(=O)N[C@@H](Cc1c[nH]c2ccccc12)C(=O)N[C@@H](CC(C)C)C(=O)N[C@H]([C]=O)CCCCN. The number of guanidine groups is 1. The van der Waals surface area contributed by atoms with Crippen LogP contribution in [0.25, 0.3) is 10.9 Å². The number of unbranched alkanes of at least 4 members (excludes halogenated alkanes) is 1. The summed E-state index contributed by atoms with van der Waals surface area (Å²) < 4.78 is 0. The highest BCUT2D eigenvalue weighted by atomic mass is 16.4. The van der Waals surface area contributed by atoms with Crippen LogP contribution >= 0.6 is 0 Å². The third-order valence-electron chi connectivity index (χ3n) is 13.2. The first-order valence-corrected chi connectivity index (χ1v) is 26.9. The standard InChI is InChI=1S/C55H84N13O10/c1-7-34(6)47(68-53(77)44(28-35-16-9-8-10-17-35)66-51(75)43(27-33(4)5)64-48(72)39(57)20-15-25-60-55(58)59)54(78)63-41(22-23-46(70)71)49(73)67-45(29-36-30-61-40-21-12-11-19-38(36)40)52(76)65-42(26-32(2)3)50(74)62-37(31-69)18-13-14-24-56/h8-12,16-17,19,21,30,32-34,37,39,41-45,47,61H,7,13-15,18,20,22-29,56-57H2,1-6H3,(H,62,74)(H,63,78)(H,64,72)(H,65,76)(H,66,75)(H,67,73)(H,68,77)(H,70,71)(H4,58,59,60)/t34-,37-,39-,41-,42-,43-,44-,45-,47-/m0/s1. The molecular formula is C55H84N13O10. The Balaban J connectivity index is 1.97. The van der Waals surface area contributed by atoms with Crippen LogP contribution < -0.4 is 59.7 Å². The van der Waals surface area contributed by atoms with E-state index in [-0.39, 0.29) is 56.3 Å². The van der Waals surface area contributed by atoms with Crippen molar-refractivity contribution in [3.8, 4) is 0 Å². The number of aromatic nitrogens is 1. The Morgan fingerprint density at radius 1 is 0.641 bits per heavy atom. The number of para-hydroxylation sites is 1. The maximum absolute atomic E-state index is 14.5. The second-order valence-corrected chi connectivity index (χ2v) is 20.7. The zero-order valence-electron chi connectivity index (χ0n) is 45.9. The average molecular weight is 1090 g/mol. The number of amides is 7. The molecule has 2 aromatic carbocycles. The van der Waals surface area contributed by atoms with Gasteiger partial charge < -0.3 is 69.8 Å². The number of carboxylic acids is 1. The Bertz CT molecular complexity index is 2450. The van der Waals surface area contributed by atoms with Gasteiger partial charge in [-0.2, -0.15) is 0 Å². The third-order valence-corrected chi connectivity index (χ3v) is 13.2. The van der Waals surface area contributed by atoms with Gasteiger partial charge in [0.05, 0.1) is 12.1 Å². The van der Waals surface area contributed by atoms with E-state index >= 15 is 0 Å². The van der Waals surface area contributed by atoms with Crippen LogP contribution in [-0.2, 0) is 56.0 Å². The summed E-state index contributed by atoms with van der Waals surface area (Å²) in [5.74, 6) is -7.56. The number of aliphatic carboxylic acids is 1. The number of hydrogen-bond donors (Lipinski definition) is 14. The summed E-state index contributed by atoms with van der Waals surface area (Å²) in [6.07, 6.45) is 5.11. The van der Waals surface area contributed by atoms with Gasteiger partial charge in [0.1, 0.15) is 36.3 Å². The molecule has 429 valence electrons. The summed E-state index contributed by atoms with van der Waals surface area (Å²) in [5, 5.41) is 39.6. The van der Waals surface area contributed by atoms with Crippen LogP contribution in [0.1, 0.15) is 117 Å². The number of benzene rings is 2. The zero-order valence-corrected chi connectivity index (χ0v) is 45.9. The maximum Gasteiger partial charge on any atom is 0.303 e. The van der Waals surface area contributed by atoms with Crippen molar-refractivity contribution in [2.24, 2.45) is 35.0 Å². The van der Waals surface area contributed by atoms with Gasteiger partial charge in [0.2, 0.25) is 47.6 Å². The molecular weight excluding hydrogens is 1000 g/mol. The van der Waals surface area contributed by atoms with Crippen LogP contribution in [0.5, 0.6) is 0 Å². The highest BCUT2D eigenvalue weighted by Crippen LogP contribution is 2.20. The van der Waals surface area contributed by atoms with Gasteiger partial charge in [-0.1, -0.05) is 96.5 Å². The normalized spacial score (nSPS) is 14.7. The van der Waals surface area contributed by atoms with E-state index in [2.05, 4.69) is 47.5 Å². The summed E-state index contributed by atoms with van der Waals surface area (Å²) in [6, 6.07) is 6.23. The lowest BCUT2D eigenvalue weighted by Gasteiger charge is -2.30. The number of aromatic amines is 1. The van der Waals surface area contributed by atoms with Crippen LogP contribution in [0.4, 0.5) is 0 Å². The first kappa shape index (κ1) is 64.9. The number of fused-ring (bicyclic) bond motifs is 1. The van der Waals surface area contributed by atoms with Crippen molar-refractivity contribution < 1.29 is 48.3 Å². The maximum atomic E-state index is 14.5. The van der Waals surface area contributed by atoms with Gasteiger partial charge in [-0.05, 0) is 92.9 Å². The molecule has 0 aliphatic heterocycles. The van der Waals surface area contributed by atoms with Gasteiger partial charge >= 0.3 is 5.97 Å². The van der Waals surface area contributed by atoms with Gasteiger partial charge in [-0.25, -0.2) is 0 Å². The molecule has 0 saturated heterocycles. The highest BCUT2D eigenvalue weighted by molar-refractivity contribution is 5.98. The van der Waals surface area contributed by atoms with Crippen molar-refractivity contribution >= 4 is 70.5 Å². The number of carboxylic acid groups (broad SMARTS) is 1. The third kappa shape index (κ3) is 22.7. The smallest absolute Gasteiger partial charge is 0.303 e. The van der Waals surface area contributed by atoms with E-state index in [0.29, 0.717) is 49.9 Å². The fourth-order valence-electron chi connectivity index (χ4n) is 8.65. The zero-order chi connectivity index (χ0) is 57.9. The Hall–Kier alpha value is -7.40. The lowest BCUT2D eigenvalue weighted by Crippen LogP contribution is -2.61. The van der Waals surface area contributed by atoms with Gasteiger partial charge in [0, 0.05) is 42.9 Å². The van der Waals surface area contributed by atoms with Gasteiger partial charge in [0.25, 0.3) is 0 Å². The number of hydrogen-bond acceptors (Lipinski definition) is 12. The molecule has 0 aliphatic carbocycles. The van der Waals surface area contributed by atoms with E-state index in [0.717, 1.165) is 10.9 Å². The Morgan fingerprint density at radius 3 is 1.77 bits per heavy atom. The molecule has 1 aromatic heterocycles. The molecule has 3 aromatic rings. The summed E-state index contributed by atoms with van der Waals surface area (Å²) in [4.78, 5) is 126. The van der Waals surface area contributed by atoms with Crippen molar-refractivity contribution in [3.63, 3.8) is 0 Å². The minimum atomic E-state index is -1.57. The number of rotatable bonds is 36. The molecule has 0 unspecified atom stereocenters. The fourth-order valence-corrected chi connectivity index (χ4v) is 8.65. The van der Waals surface area contributed by atoms with Gasteiger partial charge in [-0.15, -0.1) is 0 Å². The van der Waals surface area contributed by atoms with Crippen molar-refractivity contribution in [2.75, 3.05) is 13.1 Å². The molecule has 7 amide bonds. The molecule has 0 fully saturated rings. The van der Waals surface area contributed by atoms with E-state index in [4.69, 9.17) is 22.6 Å². The summed E-state index contributed by atoms with van der Waals surface area (Å²) >= 11 is 0. The van der Waals surface area contributed by atoms with E-state index in [1.807, 2.05) is 52.2 Å². The molecule has 0 saturated carbocycles. The molecule has 0 spiro atoms. The Morgan fingerprint density at radius 2 is 1.18 bits per heavy atom. The van der Waals surface area contributed by atoms with Crippen LogP contribution in [0.15, 0.2) is 60.8 Å². The Kier molecular flexibility index (Phi) is 28.0. The quantitative estimate of drug-likeness (QED) is 0.0221. The minimum Gasteiger partial charge on any atom is -0.481 e. The molecule has 23 heteroatoms. The molecule has 17 N–H and O–H groups in total. The molecule has 9 atom stereocenters. The lowest BCUT2D eigenvalue weighted by molar-refractivity contribution is -0.139. The van der Waals surface area contributed by atoms with E-state index in [1.54, 1.807) is 56.4 Å². The summed E-state index contributed by atoms with van der Waals surface area (Å²) in [7, 11) is 0. The largest absolute Gasteiger partial charge is 0.481 e. The van der Waals surface area contributed by atoms with Gasteiger partial charge in [-0.3, -0.25) is 48.6 Å². The van der Waals surface area contributed by atoms with Crippen molar-refractivity contribution in [3.05, 3.63) is 71.9 Å².